The maximum atomic E-state index is 13.7. The number of benzene rings is 2. The van der Waals surface area contributed by atoms with Gasteiger partial charge in [0.25, 0.3) is 5.91 Å². The molecule has 2 aromatic carbocycles. The maximum Gasteiger partial charge on any atom is 0.325 e. The van der Waals surface area contributed by atoms with Gasteiger partial charge in [0.15, 0.2) is 5.69 Å². The minimum atomic E-state index is -0.540. The second-order valence-corrected chi connectivity index (χ2v) is 11.8. The summed E-state index contributed by atoms with van der Waals surface area (Å²) in [7, 11) is 2.88. The molecular formula is C34H44N4O6. The van der Waals surface area contributed by atoms with Crippen LogP contribution in [0.3, 0.4) is 0 Å². The highest BCUT2D eigenvalue weighted by molar-refractivity contribution is 5.94. The van der Waals surface area contributed by atoms with Gasteiger partial charge in [-0.25, -0.2) is 0 Å². The minimum absolute atomic E-state index is 0.0124. The molecule has 0 bridgehead atoms. The van der Waals surface area contributed by atoms with Gasteiger partial charge in [-0.15, -0.1) is 0 Å². The summed E-state index contributed by atoms with van der Waals surface area (Å²) < 4.78 is 18.7. The molecule has 1 aliphatic rings. The first-order valence-corrected chi connectivity index (χ1v) is 15.3. The van der Waals surface area contributed by atoms with E-state index < -0.39 is 12.0 Å². The summed E-state index contributed by atoms with van der Waals surface area (Å²) >= 11 is 0. The number of nitrogens with zero attached hydrogens (tertiary/aromatic N) is 2. The van der Waals surface area contributed by atoms with Gasteiger partial charge in [-0.05, 0) is 61.3 Å². The monoisotopic (exact) mass is 604 g/mol. The Hall–Kier alpha value is -4.34. The second-order valence-electron chi connectivity index (χ2n) is 11.8. The Morgan fingerprint density at radius 2 is 1.68 bits per heavy atom. The van der Waals surface area contributed by atoms with Gasteiger partial charge in [-0.2, -0.15) is 5.10 Å². The lowest BCUT2D eigenvalue weighted by atomic mass is 9.87. The molecule has 1 saturated carbocycles. The number of hydrogen-bond acceptors (Lipinski definition) is 7. The highest BCUT2D eigenvalue weighted by atomic mass is 16.5. The Labute approximate surface area is 259 Å². The van der Waals surface area contributed by atoms with E-state index in [2.05, 4.69) is 22.3 Å². The number of ether oxygens (including phenoxy) is 3. The molecule has 10 heteroatoms. The van der Waals surface area contributed by atoms with Gasteiger partial charge in [0, 0.05) is 12.5 Å². The van der Waals surface area contributed by atoms with Crippen molar-refractivity contribution in [2.75, 3.05) is 20.8 Å². The first-order chi connectivity index (χ1) is 21.2. The van der Waals surface area contributed by atoms with E-state index in [0.29, 0.717) is 24.0 Å². The van der Waals surface area contributed by atoms with Crippen LogP contribution in [0.4, 0.5) is 0 Å². The van der Waals surface area contributed by atoms with E-state index in [4.69, 9.17) is 14.6 Å². The standard InChI is InChI=1S/C34H44N4O6/c1-22(2)26(19-31(39)35-20-32(40)43-5)36-34(41)27-18-28(38(37-27)25-16-14-23(3)15-17-25)33-29(42-4)12-9-13-30(33)44-21-24-10-7-6-8-11-24/h6-13,18,22-23,25-26H,14-17,19-21H2,1-5H3,(H,35,39)(H,36,41). The Bertz CT molecular complexity index is 1410. The number of nitrogens with one attached hydrogen (secondary N) is 2. The third-order valence-corrected chi connectivity index (χ3v) is 8.18. The molecule has 1 aliphatic carbocycles. The van der Waals surface area contributed by atoms with Crippen LogP contribution in [-0.4, -0.2) is 54.4 Å². The van der Waals surface area contributed by atoms with E-state index in [1.807, 2.05) is 67.1 Å². The lowest BCUT2D eigenvalue weighted by Crippen LogP contribution is -2.43. The van der Waals surface area contributed by atoms with Crippen molar-refractivity contribution in [3.05, 3.63) is 65.9 Å². The summed E-state index contributed by atoms with van der Waals surface area (Å²) in [6.45, 7) is 6.27. The number of carbonyl (C=O) groups is 3. The van der Waals surface area contributed by atoms with Crippen LogP contribution in [0, 0.1) is 11.8 Å². The molecule has 3 aromatic rings. The zero-order valence-electron chi connectivity index (χ0n) is 26.3. The van der Waals surface area contributed by atoms with Crippen LogP contribution >= 0.6 is 0 Å². The van der Waals surface area contributed by atoms with Crippen LogP contribution in [0.5, 0.6) is 11.5 Å². The fraction of sp³-hybridized carbons (Fsp3) is 0.471. The molecule has 2 amide bonds. The van der Waals surface area contributed by atoms with Crippen molar-refractivity contribution in [3.63, 3.8) is 0 Å². The van der Waals surface area contributed by atoms with E-state index in [-0.39, 0.29) is 42.4 Å². The summed E-state index contributed by atoms with van der Waals surface area (Å²) in [4.78, 5) is 37.7. The van der Waals surface area contributed by atoms with Gasteiger partial charge in [-0.1, -0.05) is 57.2 Å². The molecule has 0 radical (unpaired) electrons. The Morgan fingerprint density at radius 1 is 0.977 bits per heavy atom. The van der Waals surface area contributed by atoms with E-state index in [0.717, 1.165) is 42.5 Å². The van der Waals surface area contributed by atoms with Crippen molar-refractivity contribution in [1.82, 2.24) is 20.4 Å². The zero-order chi connectivity index (χ0) is 31.6. The van der Waals surface area contributed by atoms with Crippen molar-refractivity contribution < 1.29 is 28.6 Å². The van der Waals surface area contributed by atoms with Gasteiger partial charge in [0.1, 0.15) is 24.7 Å². The van der Waals surface area contributed by atoms with Gasteiger partial charge >= 0.3 is 5.97 Å². The molecule has 0 spiro atoms. The molecule has 10 nitrogen and oxygen atoms in total. The molecule has 0 saturated heterocycles. The van der Waals surface area contributed by atoms with Crippen molar-refractivity contribution in [1.29, 1.82) is 0 Å². The normalized spacial score (nSPS) is 17.0. The fourth-order valence-electron chi connectivity index (χ4n) is 5.46. The second kappa shape index (κ2) is 15.4. The smallest absolute Gasteiger partial charge is 0.325 e. The van der Waals surface area contributed by atoms with Crippen molar-refractivity contribution in [2.24, 2.45) is 11.8 Å². The Balaban J connectivity index is 1.66. The van der Waals surface area contributed by atoms with Gasteiger partial charge < -0.3 is 24.8 Å². The van der Waals surface area contributed by atoms with Gasteiger partial charge in [0.2, 0.25) is 5.91 Å². The lowest BCUT2D eigenvalue weighted by Gasteiger charge is -2.28. The lowest BCUT2D eigenvalue weighted by molar-refractivity contribution is -0.141. The number of esters is 1. The van der Waals surface area contributed by atoms with Gasteiger partial charge in [-0.3, -0.25) is 19.1 Å². The quantitative estimate of drug-likeness (QED) is 0.253. The zero-order valence-corrected chi connectivity index (χ0v) is 26.3. The van der Waals surface area contributed by atoms with Crippen LogP contribution in [-0.2, 0) is 20.9 Å². The molecule has 2 N–H and O–H groups in total. The molecule has 1 atom stereocenters. The SMILES string of the molecule is COC(=O)CNC(=O)CC(NC(=O)c1cc(-c2c(OC)cccc2OCc2ccccc2)n(C2CCC(C)CC2)n1)C(C)C. The summed E-state index contributed by atoms with van der Waals surface area (Å²) in [5.41, 5.74) is 2.76. The summed E-state index contributed by atoms with van der Waals surface area (Å²) in [5, 5.41) is 10.4. The van der Waals surface area contributed by atoms with Crippen LogP contribution in [0.2, 0.25) is 0 Å². The Morgan fingerprint density at radius 3 is 2.34 bits per heavy atom. The molecular weight excluding hydrogens is 560 g/mol. The van der Waals surface area contributed by atoms with Crippen molar-refractivity contribution in [3.8, 4) is 22.8 Å². The van der Waals surface area contributed by atoms with Gasteiger partial charge in [0.05, 0.1) is 31.5 Å². The highest BCUT2D eigenvalue weighted by Crippen LogP contribution is 2.42. The molecule has 1 unspecified atom stereocenters. The molecule has 0 aliphatic heterocycles. The number of rotatable bonds is 13. The molecule has 1 aromatic heterocycles. The number of aromatic nitrogens is 2. The third kappa shape index (κ3) is 8.39. The van der Waals surface area contributed by atoms with E-state index in [9.17, 15) is 14.4 Å². The average Bonchev–Trinajstić information content (AvgIpc) is 3.48. The van der Waals surface area contributed by atoms with Crippen LogP contribution < -0.4 is 20.1 Å². The van der Waals surface area contributed by atoms with Crippen LogP contribution in [0.15, 0.2) is 54.6 Å². The molecule has 1 heterocycles. The summed E-state index contributed by atoms with van der Waals surface area (Å²) in [6, 6.07) is 17.0. The fourth-order valence-corrected chi connectivity index (χ4v) is 5.46. The first-order valence-electron chi connectivity index (χ1n) is 15.3. The molecule has 4 rings (SSSR count). The topological polar surface area (TPSA) is 121 Å². The third-order valence-electron chi connectivity index (χ3n) is 8.18. The molecule has 236 valence electrons. The minimum Gasteiger partial charge on any atom is -0.496 e. The van der Waals surface area contributed by atoms with Crippen molar-refractivity contribution in [2.45, 2.75) is 71.6 Å². The van der Waals surface area contributed by atoms with Crippen LogP contribution in [0.25, 0.3) is 11.3 Å². The number of methoxy groups -OCH3 is 2. The van der Waals surface area contributed by atoms with E-state index >= 15 is 0 Å². The highest BCUT2D eigenvalue weighted by Gasteiger charge is 2.29. The van der Waals surface area contributed by atoms with E-state index in [1.54, 1.807) is 13.2 Å². The largest absolute Gasteiger partial charge is 0.496 e. The number of carbonyl (C=O) groups excluding carboxylic acids is 3. The predicted octanol–water partition coefficient (Wildman–Crippen LogP) is 5.32. The summed E-state index contributed by atoms with van der Waals surface area (Å²) in [6.07, 6.45) is 4.05. The number of amides is 2. The average molecular weight is 605 g/mol. The maximum absolute atomic E-state index is 13.7. The van der Waals surface area contributed by atoms with E-state index in [1.165, 1.54) is 7.11 Å². The predicted molar refractivity (Wildman–Crippen MR) is 167 cm³/mol. The number of hydrogen-bond donors (Lipinski definition) is 2. The molecule has 1 fully saturated rings. The molecule has 44 heavy (non-hydrogen) atoms. The van der Waals surface area contributed by atoms with Crippen molar-refractivity contribution >= 4 is 17.8 Å². The first kappa shape index (κ1) is 32.6. The van der Waals surface area contributed by atoms with Crippen LogP contribution in [0.1, 0.15) is 75.0 Å². The Kier molecular flexibility index (Phi) is 11.4. The summed E-state index contributed by atoms with van der Waals surface area (Å²) in [5.74, 6) is 0.573.